The number of nitrogens with zero attached hydrogens (tertiary/aromatic N) is 1. The van der Waals surface area contributed by atoms with Crippen molar-refractivity contribution in [3.05, 3.63) is 47.5 Å². The molecule has 0 amide bonds. The van der Waals surface area contributed by atoms with E-state index in [4.69, 9.17) is 4.74 Å². The number of hydrogen-bond acceptors (Lipinski definition) is 2. The molecule has 0 atom stereocenters. The predicted molar refractivity (Wildman–Crippen MR) is 83.8 cm³/mol. The maximum atomic E-state index is 5.22. The van der Waals surface area contributed by atoms with Crippen molar-refractivity contribution in [3.63, 3.8) is 0 Å². The fourth-order valence-electron chi connectivity index (χ4n) is 3.08. The van der Waals surface area contributed by atoms with Gasteiger partial charge in [0, 0.05) is 13.7 Å². The Hall–Kier alpha value is -1.38. The average molecular weight is 269 g/mol. The Kier molecular flexibility index (Phi) is 4.34. The molecule has 3 rings (SSSR count). The second-order valence-electron chi connectivity index (χ2n) is 5.79. The topological polar surface area (TPSA) is 12.5 Å². The van der Waals surface area contributed by atoms with Gasteiger partial charge in [-0.15, -0.1) is 0 Å². The number of rotatable bonds is 4. The molecule has 2 aromatic rings. The second-order valence-corrected chi connectivity index (χ2v) is 5.79. The van der Waals surface area contributed by atoms with Crippen LogP contribution in [0.15, 0.2) is 36.4 Å². The number of likely N-dealkylation sites (tertiary alicyclic amines) is 1. The van der Waals surface area contributed by atoms with Gasteiger partial charge in [0.1, 0.15) is 0 Å². The molecule has 0 radical (unpaired) electrons. The van der Waals surface area contributed by atoms with Gasteiger partial charge >= 0.3 is 0 Å². The molecule has 0 N–H and O–H groups in total. The Morgan fingerprint density at radius 2 is 1.60 bits per heavy atom. The Labute approximate surface area is 121 Å². The molecule has 0 aliphatic carbocycles. The predicted octanol–water partition coefficient (Wildman–Crippen LogP) is 3.97. The zero-order valence-electron chi connectivity index (χ0n) is 12.3. The zero-order chi connectivity index (χ0) is 13.8. The van der Waals surface area contributed by atoms with Gasteiger partial charge in [0.2, 0.25) is 0 Å². The summed E-state index contributed by atoms with van der Waals surface area (Å²) in [6.45, 7) is 4.28. The highest BCUT2D eigenvalue weighted by Crippen LogP contribution is 2.20. The van der Waals surface area contributed by atoms with Crippen LogP contribution in [-0.2, 0) is 17.9 Å². The standard InChI is InChI=1S/C18H23NO/c1-20-14-16-6-8-17-7-5-15(11-18(17)12-16)13-19-9-3-2-4-10-19/h5-8,11-12H,2-4,9-10,13-14H2,1H3. The van der Waals surface area contributed by atoms with Crippen LogP contribution in [0.1, 0.15) is 30.4 Å². The summed E-state index contributed by atoms with van der Waals surface area (Å²) in [5, 5.41) is 2.64. The van der Waals surface area contributed by atoms with Gasteiger partial charge in [0.15, 0.2) is 0 Å². The van der Waals surface area contributed by atoms with Crippen molar-refractivity contribution >= 4 is 10.8 Å². The van der Waals surface area contributed by atoms with E-state index in [1.54, 1.807) is 7.11 Å². The monoisotopic (exact) mass is 269 g/mol. The molecule has 2 nitrogen and oxygen atoms in total. The van der Waals surface area contributed by atoms with Crippen molar-refractivity contribution in [2.45, 2.75) is 32.4 Å². The van der Waals surface area contributed by atoms with Crippen LogP contribution in [0.5, 0.6) is 0 Å². The number of benzene rings is 2. The van der Waals surface area contributed by atoms with Crippen molar-refractivity contribution in [1.82, 2.24) is 4.90 Å². The molecular weight excluding hydrogens is 246 g/mol. The molecule has 0 aromatic heterocycles. The number of ether oxygens (including phenoxy) is 1. The van der Waals surface area contributed by atoms with Crippen molar-refractivity contribution in [1.29, 1.82) is 0 Å². The minimum absolute atomic E-state index is 0.687. The van der Waals surface area contributed by atoms with E-state index in [0.717, 1.165) is 6.54 Å². The first-order valence-corrected chi connectivity index (χ1v) is 7.58. The Balaban J connectivity index is 1.80. The van der Waals surface area contributed by atoms with E-state index >= 15 is 0 Å². The molecule has 20 heavy (non-hydrogen) atoms. The molecule has 106 valence electrons. The third-order valence-electron chi connectivity index (χ3n) is 4.13. The highest BCUT2D eigenvalue weighted by atomic mass is 16.5. The first-order chi connectivity index (χ1) is 9.85. The highest BCUT2D eigenvalue weighted by molar-refractivity contribution is 5.83. The number of fused-ring (bicyclic) bond motifs is 1. The van der Waals surface area contributed by atoms with Gasteiger partial charge < -0.3 is 4.74 Å². The van der Waals surface area contributed by atoms with Gasteiger partial charge in [-0.3, -0.25) is 4.90 Å². The third kappa shape index (κ3) is 3.20. The van der Waals surface area contributed by atoms with Crippen LogP contribution < -0.4 is 0 Å². The summed E-state index contributed by atoms with van der Waals surface area (Å²) in [6, 6.07) is 13.4. The molecule has 1 aliphatic heterocycles. The van der Waals surface area contributed by atoms with Crippen LogP contribution in [0.4, 0.5) is 0 Å². The van der Waals surface area contributed by atoms with Crippen LogP contribution in [0, 0.1) is 0 Å². The molecule has 1 heterocycles. The first-order valence-electron chi connectivity index (χ1n) is 7.58. The Bertz CT molecular complexity index is 573. The van der Waals surface area contributed by atoms with Crippen molar-refractivity contribution in [2.75, 3.05) is 20.2 Å². The summed E-state index contributed by atoms with van der Waals surface area (Å²) in [6.07, 6.45) is 4.10. The van der Waals surface area contributed by atoms with Crippen molar-refractivity contribution < 1.29 is 4.74 Å². The average Bonchev–Trinajstić information content (AvgIpc) is 2.48. The quantitative estimate of drug-likeness (QED) is 0.832. The van der Waals surface area contributed by atoms with E-state index in [1.807, 2.05) is 0 Å². The van der Waals surface area contributed by atoms with Crippen LogP contribution in [0.2, 0.25) is 0 Å². The molecule has 1 aliphatic rings. The lowest BCUT2D eigenvalue weighted by molar-refractivity contribution is 0.185. The largest absolute Gasteiger partial charge is 0.380 e. The molecule has 1 fully saturated rings. The van der Waals surface area contributed by atoms with Crippen LogP contribution >= 0.6 is 0 Å². The lowest BCUT2D eigenvalue weighted by Crippen LogP contribution is -2.29. The van der Waals surface area contributed by atoms with E-state index in [0.29, 0.717) is 6.61 Å². The van der Waals surface area contributed by atoms with Gasteiger partial charge in [-0.05, 0) is 60.0 Å². The summed E-state index contributed by atoms with van der Waals surface area (Å²) in [5.74, 6) is 0. The summed E-state index contributed by atoms with van der Waals surface area (Å²) in [7, 11) is 1.75. The highest BCUT2D eigenvalue weighted by Gasteiger charge is 2.10. The molecule has 2 heteroatoms. The van der Waals surface area contributed by atoms with Gasteiger partial charge in [-0.2, -0.15) is 0 Å². The smallest absolute Gasteiger partial charge is 0.0713 e. The Morgan fingerprint density at radius 3 is 2.35 bits per heavy atom. The van der Waals surface area contributed by atoms with E-state index < -0.39 is 0 Å². The van der Waals surface area contributed by atoms with Crippen LogP contribution in [0.25, 0.3) is 10.8 Å². The van der Waals surface area contributed by atoms with E-state index in [9.17, 15) is 0 Å². The van der Waals surface area contributed by atoms with E-state index in [1.165, 1.54) is 54.3 Å². The zero-order valence-corrected chi connectivity index (χ0v) is 12.3. The maximum Gasteiger partial charge on any atom is 0.0713 e. The van der Waals surface area contributed by atoms with Crippen LogP contribution in [0.3, 0.4) is 0 Å². The Morgan fingerprint density at radius 1 is 0.900 bits per heavy atom. The summed E-state index contributed by atoms with van der Waals surface area (Å²) >= 11 is 0. The van der Waals surface area contributed by atoms with Gasteiger partial charge in [-0.25, -0.2) is 0 Å². The number of hydrogen-bond donors (Lipinski definition) is 0. The van der Waals surface area contributed by atoms with Crippen molar-refractivity contribution in [2.24, 2.45) is 0 Å². The molecule has 0 saturated carbocycles. The minimum Gasteiger partial charge on any atom is -0.380 e. The number of piperidine rings is 1. The summed E-state index contributed by atoms with van der Waals surface area (Å²) in [5.41, 5.74) is 2.67. The fraction of sp³-hybridized carbons (Fsp3) is 0.444. The molecule has 0 spiro atoms. The maximum absolute atomic E-state index is 5.22. The summed E-state index contributed by atoms with van der Waals surface area (Å²) < 4.78 is 5.22. The van der Waals surface area contributed by atoms with Crippen molar-refractivity contribution in [3.8, 4) is 0 Å². The van der Waals surface area contributed by atoms with Gasteiger partial charge in [-0.1, -0.05) is 30.7 Å². The normalized spacial score (nSPS) is 16.6. The molecule has 0 unspecified atom stereocenters. The summed E-state index contributed by atoms with van der Waals surface area (Å²) in [4.78, 5) is 2.57. The molecular formula is C18H23NO. The fourth-order valence-corrected chi connectivity index (χ4v) is 3.08. The second kappa shape index (κ2) is 6.38. The molecule has 2 aromatic carbocycles. The van der Waals surface area contributed by atoms with Crippen LogP contribution in [-0.4, -0.2) is 25.1 Å². The lowest BCUT2D eigenvalue weighted by atomic mass is 10.0. The SMILES string of the molecule is COCc1ccc2ccc(CN3CCCCC3)cc2c1. The van der Waals surface area contributed by atoms with Gasteiger partial charge in [0.25, 0.3) is 0 Å². The molecule has 1 saturated heterocycles. The van der Waals surface area contributed by atoms with E-state index in [-0.39, 0.29) is 0 Å². The third-order valence-corrected chi connectivity index (χ3v) is 4.13. The van der Waals surface area contributed by atoms with Gasteiger partial charge in [0.05, 0.1) is 6.61 Å². The minimum atomic E-state index is 0.687. The lowest BCUT2D eigenvalue weighted by Gasteiger charge is -2.26. The first kappa shape index (κ1) is 13.6. The van der Waals surface area contributed by atoms with E-state index in [2.05, 4.69) is 41.3 Å². The molecule has 0 bridgehead atoms. The number of methoxy groups -OCH3 is 1.